The Morgan fingerprint density at radius 1 is 1.10 bits per heavy atom. The largest absolute Gasteiger partial charge is 0.325 e. The molecule has 0 bridgehead atoms. The number of nitrogens with one attached hydrogen (secondary N) is 2. The molecule has 0 aliphatic carbocycles. The molecule has 0 aromatic heterocycles. The molecule has 21 heavy (non-hydrogen) atoms. The average molecular weight is 323 g/mol. The van der Waals surface area contributed by atoms with Crippen molar-refractivity contribution < 1.29 is 4.79 Å². The van der Waals surface area contributed by atoms with E-state index in [0.29, 0.717) is 15.7 Å². The second-order valence-electron chi connectivity index (χ2n) is 4.69. The van der Waals surface area contributed by atoms with E-state index >= 15 is 0 Å². The van der Waals surface area contributed by atoms with Crippen molar-refractivity contribution in [3.05, 3.63) is 64.1 Å². The minimum Gasteiger partial charge on any atom is -0.325 e. The van der Waals surface area contributed by atoms with E-state index < -0.39 is 0 Å². The zero-order valence-corrected chi connectivity index (χ0v) is 13.1. The van der Waals surface area contributed by atoms with Gasteiger partial charge in [-0.15, -0.1) is 0 Å². The van der Waals surface area contributed by atoms with E-state index in [9.17, 15) is 4.79 Å². The van der Waals surface area contributed by atoms with E-state index in [-0.39, 0.29) is 18.5 Å². The predicted molar refractivity (Wildman–Crippen MR) is 88.0 cm³/mol. The number of rotatable bonds is 5. The van der Waals surface area contributed by atoms with Crippen molar-refractivity contribution in [2.45, 2.75) is 13.0 Å². The van der Waals surface area contributed by atoms with Crippen LogP contribution in [0, 0.1) is 0 Å². The van der Waals surface area contributed by atoms with Crippen LogP contribution in [-0.2, 0) is 4.79 Å². The average Bonchev–Trinajstić information content (AvgIpc) is 2.49. The Morgan fingerprint density at radius 2 is 1.81 bits per heavy atom. The van der Waals surface area contributed by atoms with Crippen molar-refractivity contribution in [2.75, 3.05) is 11.9 Å². The van der Waals surface area contributed by atoms with Crippen LogP contribution in [0.15, 0.2) is 48.5 Å². The van der Waals surface area contributed by atoms with E-state index in [1.807, 2.05) is 37.3 Å². The fraction of sp³-hybridized carbons (Fsp3) is 0.188. The van der Waals surface area contributed by atoms with Gasteiger partial charge >= 0.3 is 0 Å². The van der Waals surface area contributed by atoms with Gasteiger partial charge in [-0.1, -0.05) is 53.5 Å². The fourth-order valence-electron chi connectivity index (χ4n) is 1.88. The number of carbonyl (C=O) groups excluding carboxylic acids is 1. The number of amides is 1. The summed E-state index contributed by atoms with van der Waals surface area (Å²) in [6.45, 7) is 2.23. The summed E-state index contributed by atoms with van der Waals surface area (Å²) in [6, 6.07) is 15.1. The lowest BCUT2D eigenvalue weighted by Crippen LogP contribution is -2.30. The summed E-state index contributed by atoms with van der Waals surface area (Å²) in [5.41, 5.74) is 1.77. The lowest BCUT2D eigenvalue weighted by molar-refractivity contribution is -0.115. The van der Waals surface area contributed by atoms with Gasteiger partial charge in [0.2, 0.25) is 5.91 Å². The number of carbonyl (C=O) groups is 1. The van der Waals surface area contributed by atoms with Gasteiger partial charge in [-0.25, -0.2) is 0 Å². The highest BCUT2D eigenvalue weighted by atomic mass is 35.5. The SMILES string of the molecule is C[C@H](NCC(=O)Nc1ccc(Cl)c(Cl)c1)c1ccccc1. The molecule has 2 N–H and O–H groups in total. The van der Waals surface area contributed by atoms with Crippen LogP contribution >= 0.6 is 23.2 Å². The Balaban J connectivity index is 1.86. The molecule has 0 aliphatic heterocycles. The highest BCUT2D eigenvalue weighted by Crippen LogP contribution is 2.24. The molecular weight excluding hydrogens is 307 g/mol. The van der Waals surface area contributed by atoms with E-state index in [1.165, 1.54) is 0 Å². The molecule has 0 unspecified atom stereocenters. The van der Waals surface area contributed by atoms with Crippen LogP contribution in [0.5, 0.6) is 0 Å². The molecule has 1 amide bonds. The normalized spacial score (nSPS) is 12.0. The number of benzene rings is 2. The number of hydrogen-bond donors (Lipinski definition) is 2. The van der Waals surface area contributed by atoms with E-state index in [1.54, 1.807) is 18.2 Å². The van der Waals surface area contributed by atoms with Crippen molar-refractivity contribution in [1.29, 1.82) is 0 Å². The van der Waals surface area contributed by atoms with Crippen LogP contribution < -0.4 is 10.6 Å². The van der Waals surface area contributed by atoms with Crippen LogP contribution in [-0.4, -0.2) is 12.5 Å². The van der Waals surface area contributed by atoms with Gasteiger partial charge in [-0.05, 0) is 30.7 Å². The third-order valence-corrected chi connectivity index (χ3v) is 3.81. The number of anilines is 1. The van der Waals surface area contributed by atoms with Crippen molar-refractivity contribution in [2.24, 2.45) is 0 Å². The van der Waals surface area contributed by atoms with Gasteiger partial charge in [0.05, 0.1) is 16.6 Å². The molecule has 0 spiro atoms. The van der Waals surface area contributed by atoms with Gasteiger partial charge in [0.15, 0.2) is 0 Å². The fourth-order valence-corrected chi connectivity index (χ4v) is 2.18. The van der Waals surface area contributed by atoms with Crippen molar-refractivity contribution in [1.82, 2.24) is 5.32 Å². The van der Waals surface area contributed by atoms with Crippen LogP contribution in [0.25, 0.3) is 0 Å². The molecule has 0 heterocycles. The molecule has 2 rings (SSSR count). The summed E-state index contributed by atoms with van der Waals surface area (Å²) in [7, 11) is 0. The molecule has 2 aromatic rings. The second-order valence-corrected chi connectivity index (χ2v) is 5.50. The van der Waals surface area contributed by atoms with Crippen LogP contribution in [0.4, 0.5) is 5.69 Å². The molecule has 2 aromatic carbocycles. The molecule has 0 saturated heterocycles. The highest BCUT2D eigenvalue weighted by Gasteiger charge is 2.08. The molecular formula is C16H16Cl2N2O. The van der Waals surface area contributed by atoms with Crippen molar-refractivity contribution in [3.63, 3.8) is 0 Å². The summed E-state index contributed by atoms with van der Waals surface area (Å²) in [6.07, 6.45) is 0. The van der Waals surface area contributed by atoms with Crippen molar-refractivity contribution >= 4 is 34.8 Å². The Kier molecular flexibility index (Phi) is 5.62. The van der Waals surface area contributed by atoms with Gasteiger partial charge < -0.3 is 10.6 Å². The standard InChI is InChI=1S/C16H16Cl2N2O/c1-11(12-5-3-2-4-6-12)19-10-16(21)20-13-7-8-14(17)15(18)9-13/h2-9,11,19H,10H2,1H3,(H,20,21)/t11-/m0/s1. The third kappa shape index (κ3) is 4.74. The summed E-state index contributed by atoms with van der Waals surface area (Å²) < 4.78 is 0. The highest BCUT2D eigenvalue weighted by molar-refractivity contribution is 6.42. The van der Waals surface area contributed by atoms with Crippen LogP contribution in [0.1, 0.15) is 18.5 Å². The van der Waals surface area contributed by atoms with Gasteiger partial charge in [0.25, 0.3) is 0 Å². The Hall–Kier alpha value is -1.55. The topological polar surface area (TPSA) is 41.1 Å². The molecule has 1 atom stereocenters. The zero-order chi connectivity index (χ0) is 15.2. The molecule has 5 heteroatoms. The van der Waals surface area contributed by atoms with Crippen LogP contribution in [0.2, 0.25) is 10.0 Å². The second kappa shape index (κ2) is 7.46. The maximum Gasteiger partial charge on any atom is 0.238 e. The summed E-state index contributed by atoms with van der Waals surface area (Å²) >= 11 is 11.7. The first kappa shape index (κ1) is 15.8. The zero-order valence-electron chi connectivity index (χ0n) is 11.6. The molecule has 0 radical (unpaired) electrons. The first-order valence-corrected chi connectivity index (χ1v) is 7.35. The number of hydrogen-bond acceptors (Lipinski definition) is 2. The lowest BCUT2D eigenvalue weighted by Gasteiger charge is -2.14. The summed E-state index contributed by atoms with van der Waals surface area (Å²) in [4.78, 5) is 11.9. The van der Waals surface area contributed by atoms with Crippen molar-refractivity contribution in [3.8, 4) is 0 Å². The van der Waals surface area contributed by atoms with Gasteiger partial charge in [0, 0.05) is 11.7 Å². The van der Waals surface area contributed by atoms with E-state index in [2.05, 4.69) is 10.6 Å². The summed E-state index contributed by atoms with van der Waals surface area (Å²) in [5.74, 6) is -0.129. The smallest absolute Gasteiger partial charge is 0.238 e. The minimum absolute atomic E-state index is 0.103. The lowest BCUT2D eigenvalue weighted by atomic mass is 10.1. The number of halogens is 2. The monoisotopic (exact) mass is 322 g/mol. The maximum atomic E-state index is 11.9. The summed E-state index contributed by atoms with van der Waals surface area (Å²) in [5, 5.41) is 6.83. The maximum absolute atomic E-state index is 11.9. The first-order chi connectivity index (χ1) is 10.1. The van der Waals surface area contributed by atoms with Gasteiger partial charge in [0.1, 0.15) is 0 Å². The predicted octanol–water partition coefficient (Wildman–Crippen LogP) is 4.28. The molecule has 3 nitrogen and oxygen atoms in total. The Bertz CT molecular complexity index is 617. The Labute approximate surface area is 134 Å². The van der Waals surface area contributed by atoms with Gasteiger partial charge in [-0.3, -0.25) is 4.79 Å². The van der Waals surface area contributed by atoms with Gasteiger partial charge in [-0.2, -0.15) is 0 Å². The quantitative estimate of drug-likeness (QED) is 0.862. The third-order valence-electron chi connectivity index (χ3n) is 3.07. The molecule has 0 saturated carbocycles. The van der Waals surface area contributed by atoms with E-state index in [4.69, 9.17) is 23.2 Å². The minimum atomic E-state index is -0.129. The molecule has 110 valence electrons. The first-order valence-electron chi connectivity index (χ1n) is 6.59. The van der Waals surface area contributed by atoms with Crippen LogP contribution in [0.3, 0.4) is 0 Å². The molecule has 0 fully saturated rings. The molecule has 0 aliphatic rings. The van der Waals surface area contributed by atoms with E-state index in [0.717, 1.165) is 5.56 Å². The Morgan fingerprint density at radius 3 is 2.48 bits per heavy atom.